The lowest BCUT2D eigenvalue weighted by Gasteiger charge is -2.25. The third-order valence-electron chi connectivity index (χ3n) is 4.31. The Hall–Kier alpha value is -2.31. The molecule has 0 saturated heterocycles. The smallest absolute Gasteiger partial charge is 0.242 e. The number of aliphatic imine (C=N–C) groups is 1. The second-order valence-electron chi connectivity index (χ2n) is 6.14. The molecule has 0 aliphatic rings. The van der Waals surface area contributed by atoms with Gasteiger partial charge in [-0.15, -0.1) is 0 Å². The number of methoxy groups -OCH3 is 1. The van der Waals surface area contributed by atoms with E-state index in [1.165, 1.54) is 0 Å². The van der Waals surface area contributed by atoms with Crippen molar-refractivity contribution in [3.05, 3.63) is 23.0 Å². The van der Waals surface area contributed by atoms with Crippen LogP contribution in [0, 0.1) is 13.8 Å². The molecule has 0 saturated carbocycles. The van der Waals surface area contributed by atoms with Gasteiger partial charge in [0.15, 0.2) is 5.96 Å². The summed E-state index contributed by atoms with van der Waals surface area (Å²) in [5.41, 5.74) is 2.87. The van der Waals surface area contributed by atoms with Gasteiger partial charge in [-0.1, -0.05) is 0 Å². The lowest BCUT2D eigenvalue weighted by atomic mass is 10.1. The molecule has 146 valence electrons. The molecular weight excluding hydrogens is 330 g/mol. The van der Waals surface area contributed by atoms with E-state index in [1.807, 2.05) is 51.5 Å². The second-order valence-corrected chi connectivity index (χ2v) is 6.14. The van der Waals surface area contributed by atoms with Crippen molar-refractivity contribution in [3.8, 4) is 5.75 Å². The van der Waals surface area contributed by atoms with Gasteiger partial charge in [-0.3, -0.25) is 9.78 Å². The molecular formula is C19H33N5O2. The van der Waals surface area contributed by atoms with Crippen molar-refractivity contribution in [1.82, 2.24) is 20.1 Å². The molecule has 1 heterocycles. The molecule has 1 rings (SSSR count). The predicted molar refractivity (Wildman–Crippen MR) is 106 cm³/mol. The van der Waals surface area contributed by atoms with Crippen LogP contribution in [-0.4, -0.2) is 67.0 Å². The molecule has 0 aliphatic carbocycles. The fourth-order valence-corrected chi connectivity index (χ4v) is 2.80. The number of hydrogen-bond donors (Lipinski definition) is 1. The first-order chi connectivity index (χ1) is 12.4. The van der Waals surface area contributed by atoms with E-state index in [1.54, 1.807) is 13.3 Å². The molecule has 1 amide bonds. The average Bonchev–Trinajstić information content (AvgIpc) is 2.61. The first-order valence-corrected chi connectivity index (χ1v) is 9.15. The normalized spacial score (nSPS) is 11.3. The Morgan fingerprint density at radius 2 is 1.92 bits per heavy atom. The summed E-state index contributed by atoms with van der Waals surface area (Å²) in [6, 6.07) is 0. The molecule has 0 aliphatic heterocycles. The van der Waals surface area contributed by atoms with Crippen LogP contribution in [0.4, 0.5) is 0 Å². The molecule has 1 aromatic heterocycles. The van der Waals surface area contributed by atoms with Crippen LogP contribution >= 0.6 is 0 Å². The van der Waals surface area contributed by atoms with Gasteiger partial charge in [0.1, 0.15) is 5.75 Å². The van der Waals surface area contributed by atoms with E-state index in [0.29, 0.717) is 25.6 Å². The molecule has 0 fully saturated rings. The van der Waals surface area contributed by atoms with Gasteiger partial charge in [0.05, 0.1) is 25.9 Å². The number of nitrogens with one attached hydrogen (secondary N) is 1. The Labute approximate surface area is 157 Å². The summed E-state index contributed by atoms with van der Waals surface area (Å²) >= 11 is 0. The minimum atomic E-state index is 0.0920. The third kappa shape index (κ3) is 5.61. The second kappa shape index (κ2) is 10.6. The highest BCUT2D eigenvalue weighted by Gasteiger charge is 2.15. The SMILES string of the molecule is CCNC(=NCc1ncc(C)c(OC)c1C)N(C)CC(=O)N(CC)CC. The number of aryl methyl sites for hydroxylation is 1. The van der Waals surface area contributed by atoms with Gasteiger partial charge in [-0.05, 0) is 34.6 Å². The highest BCUT2D eigenvalue weighted by atomic mass is 16.5. The number of pyridine rings is 1. The Kier molecular flexibility index (Phi) is 8.88. The number of carbonyl (C=O) groups excluding carboxylic acids is 1. The van der Waals surface area contributed by atoms with E-state index >= 15 is 0 Å². The summed E-state index contributed by atoms with van der Waals surface area (Å²) in [4.78, 5) is 25.2. The summed E-state index contributed by atoms with van der Waals surface area (Å²) in [6.07, 6.45) is 1.80. The quantitative estimate of drug-likeness (QED) is 0.565. The number of rotatable bonds is 8. The molecule has 0 spiro atoms. The molecule has 26 heavy (non-hydrogen) atoms. The minimum absolute atomic E-state index is 0.0920. The van der Waals surface area contributed by atoms with Gasteiger partial charge in [-0.25, -0.2) is 4.99 Å². The summed E-state index contributed by atoms with van der Waals surface area (Å²) < 4.78 is 5.46. The van der Waals surface area contributed by atoms with E-state index in [2.05, 4.69) is 15.3 Å². The Morgan fingerprint density at radius 1 is 1.27 bits per heavy atom. The van der Waals surface area contributed by atoms with E-state index < -0.39 is 0 Å². The third-order valence-corrected chi connectivity index (χ3v) is 4.31. The highest BCUT2D eigenvalue weighted by molar-refractivity contribution is 5.86. The molecule has 0 aromatic carbocycles. The molecule has 0 radical (unpaired) electrons. The summed E-state index contributed by atoms with van der Waals surface area (Å²) in [6.45, 7) is 12.8. The number of hydrogen-bond acceptors (Lipinski definition) is 4. The van der Waals surface area contributed by atoms with Crippen LogP contribution in [0.2, 0.25) is 0 Å². The van der Waals surface area contributed by atoms with E-state index in [4.69, 9.17) is 4.74 Å². The number of guanidine groups is 1. The molecule has 0 atom stereocenters. The number of ether oxygens (including phenoxy) is 1. The number of likely N-dealkylation sites (N-methyl/N-ethyl adjacent to an activating group) is 2. The molecule has 1 N–H and O–H groups in total. The van der Waals surface area contributed by atoms with Crippen LogP contribution in [0.15, 0.2) is 11.2 Å². The van der Waals surface area contributed by atoms with Crippen molar-refractivity contribution in [3.63, 3.8) is 0 Å². The standard InChI is InChI=1S/C19H33N5O2/c1-8-20-19(23(6)13-17(25)24(9-2)10-3)22-12-16-15(5)18(26-7)14(4)11-21-16/h11H,8-10,12-13H2,1-7H3,(H,20,22). The van der Waals surface area contributed by atoms with Crippen molar-refractivity contribution in [2.24, 2.45) is 4.99 Å². The number of nitrogens with zero attached hydrogens (tertiary/aromatic N) is 4. The van der Waals surface area contributed by atoms with E-state index in [0.717, 1.165) is 29.1 Å². The van der Waals surface area contributed by atoms with Gasteiger partial charge < -0.3 is 19.9 Å². The van der Waals surface area contributed by atoms with E-state index in [9.17, 15) is 4.79 Å². The lowest BCUT2D eigenvalue weighted by molar-refractivity contribution is -0.131. The highest BCUT2D eigenvalue weighted by Crippen LogP contribution is 2.24. The summed E-state index contributed by atoms with van der Waals surface area (Å²) in [5, 5.41) is 3.24. The van der Waals surface area contributed by atoms with E-state index in [-0.39, 0.29) is 12.5 Å². The molecule has 7 heteroatoms. The van der Waals surface area contributed by atoms with Crippen LogP contribution in [0.1, 0.15) is 37.6 Å². The zero-order chi connectivity index (χ0) is 19.7. The van der Waals surface area contributed by atoms with Crippen molar-refractivity contribution in [2.45, 2.75) is 41.2 Å². The van der Waals surface area contributed by atoms with Gasteiger partial charge in [0, 0.05) is 44.0 Å². The Morgan fingerprint density at radius 3 is 2.46 bits per heavy atom. The topological polar surface area (TPSA) is 70.1 Å². The Bertz CT molecular complexity index is 627. The van der Waals surface area contributed by atoms with Gasteiger partial charge >= 0.3 is 0 Å². The maximum atomic E-state index is 12.3. The molecule has 0 bridgehead atoms. The fourth-order valence-electron chi connectivity index (χ4n) is 2.80. The zero-order valence-corrected chi connectivity index (χ0v) is 17.2. The summed E-state index contributed by atoms with van der Waals surface area (Å²) in [5.74, 6) is 1.63. The number of carbonyl (C=O) groups is 1. The van der Waals surface area contributed by atoms with Crippen LogP contribution in [0.3, 0.4) is 0 Å². The molecule has 7 nitrogen and oxygen atoms in total. The maximum absolute atomic E-state index is 12.3. The van der Waals surface area contributed by atoms with Crippen LogP contribution < -0.4 is 10.1 Å². The van der Waals surface area contributed by atoms with Gasteiger partial charge in [-0.2, -0.15) is 0 Å². The Balaban J connectivity index is 2.94. The predicted octanol–water partition coefficient (Wildman–Crippen LogP) is 1.97. The summed E-state index contributed by atoms with van der Waals surface area (Å²) in [7, 11) is 3.54. The lowest BCUT2D eigenvalue weighted by Crippen LogP contribution is -2.45. The van der Waals surface area contributed by atoms with Crippen LogP contribution in [-0.2, 0) is 11.3 Å². The number of amides is 1. The number of aromatic nitrogens is 1. The van der Waals surface area contributed by atoms with Crippen molar-refractivity contribution < 1.29 is 9.53 Å². The van der Waals surface area contributed by atoms with Crippen LogP contribution in [0.5, 0.6) is 5.75 Å². The largest absolute Gasteiger partial charge is 0.496 e. The average molecular weight is 364 g/mol. The van der Waals surface area contributed by atoms with Gasteiger partial charge in [0.25, 0.3) is 0 Å². The van der Waals surface area contributed by atoms with Crippen LogP contribution in [0.25, 0.3) is 0 Å². The minimum Gasteiger partial charge on any atom is -0.496 e. The first-order valence-electron chi connectivity index (χ1n) is 9.15. The maximum Gasteiger partial charge on any atom is 0.242 e. The molecule has 0 unspecified atom stereocenters. The first kappa shape index (κ1) is 21.7. The fraction of sp³-hybridized carbons (Fsp3) is 0.632. The monoisotopic (exact) mass is 363 g/mol. The van der Waals surface area contributed by atoms with Crippen molar-refractivity contribution in [2.75, 3.05) is 40.3 Å². The zero-order valence-electron chi connectivity index (χ0n) is 17.2. The van der Waals surface area contributed by atoms with Gasteiger partial charge in [0.2, 0.25) is 5.91 Å². The van der Waals surface area contributed by atoms with Crippen molar-refractivity contribution >= 4 is 11.9 Å². The van der Waals surface area contributed by atoms with Crippen molar-refractivity contribution in [1.29, 1.82) is 0 Å². The molecule has 1 aromatic rings.